The van der Waals surface area contributed by atoms with Gasteiger partial charge in [-0.2, -0.15) is 0 Å². The molecule has 0 saturated heterocycles. The first-order valence-corrected chi connectivity index (χ1v) is 6.90. The molecule has 0 bridgehead atoms. The third-order valence-corrected chi connectivity index (χ3v) is 2.82. The Kier molecular flexibility index (Phi) is 8.21. The summed E-state index contributed by atoms with van der Waals surface area (Å²) in [6.07, 6.45) is 3.04. The maximum absolute atomic E-state index is 5.81. The Morgan fingerprint density at radius 1 is 1.42 bits per heavy atom. The highest BCUT2D eigenvalue weighted by Gasteiger charge is 2.08. The molecule has 0 unspecified atom stereocenters. The van der Waals surface area contributed by atoms with Gasteiger partial charge >= 0.3 is 0 Å². The number of hydrogen-bond acceptors (Lipinski definition) is 4. The molecule has 0 aliphatic heterocycles. The van der Waals surface area contributed by atoms with Crippen LogP contribution in [-0.4, -0.2) is 38.3 Å². The number of methoxy groups -OCH3 is 1. The quantitative estimate of drug-likeness (QED) is 0.493. The Morgan fingerprint density at radius 3 is 2.89 bits per heavy atom. The Hall–Kier alpha value is -1.10. The third kappa shape index (κ3) is 6.57. The summed E-state index contributed by atoms with van der Waals surface area (Å²) < 4.78 is 10.9. The van der Waals surface area contributed by atoms with E-state index in [1.807, 2.05) is 18.2 Å². The van der Waals surface area contributed by atoms with Gasteiger partial charge in [0, 0.05) is 20.2 Å². The lowest BCUT2D eigenvalue weighted by Crippen LogP contribution is -2.26. The van der Waals surface area contributed by atoms with Gasteiger partial charge in [0.15, 0.2) is 0 Å². The molecule has 0 radical (unpaired) electrons. The first-order chi connectivity index (χ1) is 9.30. The molecule has 0 spiro atoms. The number of hydrogen-bond donors (Lipinski definition) is 1. The van der Waals surface area contributed by atoms with Crippen molar-refractivity contribution >= 4 is 0 Å². The Bertz CT molecular complexity index is 350. The first kappa shape index (κ1) is 16.0. The van der Waals surface area contributed by atoms with Gasteiger partial charge in [-0.3, -0.25) is 4.90 Å². The highest BCUT2D eigenvalue weighted by Crippen LogP contribution is 2.10. The minimum absolute atomic E-state index is 0.722. The predicted molar refractivity (Wildman–Crippen MR) is 78.1 cm³/mol. The van der Waals surface area contributed by atoms with E-state index >= 15 is 0 Å². The van der Waals surface area contributed by atoms with E-state index < -0.39 is 0 Å². The van der Waals surface area contributed by atoms with Crippen molar-refractivity contribution in [2.24, 2.45) is 0 Å². The second-order valence-electron chi connectivity index (χ2n) is 4.56. The van der Waals surface area contributed by atoms with Crippen LogP contribution < -0.4 is 5.32 Å². The molecule has 1 rings (SSSR count). The molecule has 0 aromatic carbocycles. The van der Waals surface area contributed by atoms with E-state index in [1.165, 1.54) is 0 Å². The SMILES string of the molecule is C=CCN(CCOC)Cc1ccc(CNCCC)o1. The van der Waals surface area contributed by atoms with Crippen LogP contribution in [0.25, 0.3) is 0 Å². The summed E-state index contributed by atoms with van der Waals surface area (Å²) in [5.41, 5.74) is 0. The van der Waals surface area contributed by atoms with E-state index in [0.717, 1.165) is 57.3 Å². The van der Waals surface area contributed by atoms with Crippen LogP contribution in [0.15, 0.2) is 29.2 Å². The smallest absolute Gasteiger partial charge is 0.118 e. The molecule has 0 amide bonds. The highest BCUT2D eigenvalue weighted by atomic mass is 16.5. The molecule has 1 aromatic rings. The van der Waals surface area contributed by atoms with Gasteiger partial charge in [-0.05, 0) is 25.1 Å². The molecular formula is C15H26N2O2. The number of ether oxygens (including phenoxy) is 1. The zero-order chi connectivity index (χ0) is 13.9. The Morgan fingerprint density at radius 2 is 2.21 bits per heavy atom. The summed E-state index contributed by atoms with van der Waals surface area (Å²) in [4.78, 5) is 2.25. The monoisotopic (exact) mass is 266 g/mol. The van der Waals surface area contributed by atoms with E-state index in [0.29, 0.717) is 0 Å². The van der Waals surface area contributed by atoms with Gasteiger partial charge in [0.1, 0.15) is 11.5 Å². The largest absolute Gasteiger partial charge is 0.463 e. The van der Waals surface area contributed by atoms with Crippen LogP contribution >= 0.6 is 0 Å². The van der Waals surface area contributed by atoms with Crippen LogP contribution in [0.1, 0.15) is 24.9 Å². The zero-order valence-corrected chi connectivity index (χ0v) is 12.2. The van der Waals surface area contributed by atoms with Gasteiger partial charge in [-0.25, -0.2) is 0 Å². The van der Waals surface area contributed by atoms with Gasteiger partial charge in [0.05, 0.1) is 19.7 Å². The van der Waals surface area contributed by atoms with Crippen molar-refractivity contribution in [1.82, 2.24) is 10.2 Å². The summed E-state index contributed by atoms with van der Waals surface area (Å²) >= 11 is 0. The maximum atomic E-state index is 5.81. The first-order valence-electron chi connectivity index (χ1n) is 6.90. The van der Waals surface area contributed by atoms with Crippen molar-refractivity contribution in [3.8, 4) is 0 Å². The minimum atomic E-state index is 0.722. The second kappa shape index (κ2) is 9.78. The van der Waals surface area contributed by atoms with Gasteiger partial charge in [-0.1, -0.05) is 13.0 Å². The number of nitrogens with one attached hydrogen (secondary N) is 1. The molecule has 108 valence electrons. The van der Waals surface area contributed by atoms with E-state index in [1.54, 1.807) is 7.11 Å². The molecule has 1 N–H and O–H groups in total. The lowest BCUT2D eigenvalue weighted by Gasteiger charge is -2.18. The fraction of sp³-hybridized carbons (Fsp3) is 0.600. The van der Waals surface area contributed by atoms with E-state index in [-0.39, 0.29) is 0 Å². The fourth-order valence-electron chi connectivity index (χ4n) is 1.85. The second-order valence-corrected chi connectivity index (χ2v) is 4.56. The van der Waals surface area contributed by atoms with Crippen molar-refractivity contribution in [2.75, 3.05) is 33.4 Å². The average Bonchev–Trinajstić information content (AvgIpc) is 2.84. The average molecular weight is 266 g/mol. The van der Waals surface area contributed by atoms with Crippen molar-refractivity contribution in [1.29, 1.82) is 0 Å². The van der Waals surface area contributed by atoms with Gasteiger partial charge in [0.25, 0.3) is 0 Å². The lowest BCUT2D eigenvalue weighted by atomic mass is 10.3. The number of furan rings is 1. The summed E-state index contributed by atoms with van der Waals surface area (Å²) in [5.74, 6) is 1.99. The van der Waals surface area contributed by atoms with E-state index in [2.05, 4.69) is 23.7 Å². The van der Waals surface area contributed by atoms with Crippen LogP contribution in [0.5, 0.6) is 0 Å². The molecule has 0 atom stereocenters. The molecule has 4 heteroatoms. The van der Waals surface area contributed by atoms with Crippen molar-refractivity contribution in [3.05, 3.63) is 36.3 Å². The summed E-state index contributed by atoms with van der Waals surface area (Å²) in [7, 11) is 1.72. The third-order valence-electron chi connectivity index (χ3n) is 2.82. The molecular weight excluding hydrogens is 240 g/mol. The molecule has 0 aliphatic carbocycles. The van der Waals surface area contributed by atoms with Crippen LogP contribution in [-0.2, 0) is 17.8 Å². The Labute approximate surface area is 116 Å². The molecule has 4 nitrogen and oxygen atoms in total. The van der Waals surface area contributed by atoms with Crippen LogP contribution in [0, 0.1) is 0 Å². The molecule has 1 aromatic heterocycles. The number of nitrogens with zero attached hydrogens (tertiary/aromatic N) is 1. The Balaban J connectivity index is 2.42. The van der Waals surface area contributed by atoms with Gasteiger partial charge in [0.2, 0.25) is 0 Å². The van der Waals surface area contributed by atoms with Gasteiger partial charge < -0.3 is 14.5 Å². The summed E-state index contributed by atoms with van der Waals surface area (Å²) in [6, 6.07) is 4.09. The zero-order valence-electron chi connectivity index (χ0n) is 12.2. The molecule has 0 saturated carbocycles. The highest BCUT2D eigenvalue weighted by molar-refractivity contribution is 5.07. The van der Waals surface area contributed by atoms with Gasteiger partial charge in [-0.15, -0.1) is 6.58 Å². The summed E-state index contributed by atoms with van der Waals surface area (Å²) in [5, 5.41) is 3.33. The fourth-order valence-corrected chi connectivity index (χ4v) is 1.85. The van der Waals surface area contributed by atoms with E-state index in [4.69, 9.17) is 9.15 Å². The number of rotatable bonds is 11. The minimum Gasteiger partial charge on any atom is -0.463 e. The lowest BCUT2D eigenvalue weighted by molar-refractivity contribution is 0.146. The predicted octanol–water partition coefficient (Wildman–Crippen LogP) is 2.41. The maximum Gasteiger partial charge on any atom is 0.118 e. The topological polar surface area (TPSA) is 37.6 Å². The normalized spacial score (nSPS) is 11.1. The van der Waals surface area contributed by atoms with Crippen molar-refractivity contribution < 1.29 is 9.15 Å². The van der Waals surface area contributed by atoms with E-state index in [9.17, 15) is 0 Å². The van der Waals surface area contributed by atoms with Crippen molar-refractivity contribution in [2.45, 2.75) is 26.4 Å². The van der Waals surface area contributed by atoms with Crippen LogP contribution in [0.4, 0.5) is 0 Å². The van der Waals surface area contributed by atoms with Crippen molar-refractivity contribution in [3.63, 3.8) is 0 Å². The molecule has 0 aliphatic rings. The molecule has 1 heterocycles. The molecule has 19 heavy (non-hydrogen) atoms. The summed E-state index contributed by atoms with van der Waals surface area (Å²) in [6.45, 7) is 11.0. The van der Waals surface area contributed by atoms with Crippen LogP contribution in [0.3, 0.4) is 0 Å². The van der Waals surface area contributed by atoms with Crippen LogP contribution in [0.2, 0.25) is 0 Å². The molecule has 0 fully saturated rings. The standard InChI is InChI=1S/C15H26N2O2/c1-4-8-16-12-14-6-7-15(19-14)13-17(9-5-2)10-11-18-3/h5-7,16H,2,4,8-13H2,1,3H3.